The van der Waals surface area contributed by atoms with Crippen molar-refractivity contribution in [3.8, 4) is 5.75 Å². The molecule has 6 nitrogen and oxygen atoms in total. The molecule has 3 heterocycles. The van der Waals surface area contributed by atoms with E-state index in [0.717, 1.165) is 6.20 Å². The number of halogens is 2. The van der Waals surface area contributed by atoms with Gasteiger partial charge in [-0.3, -0.25) is 14.3 Å². The van der Waals surface area contributed by atoms with Crippen LogP contribution in [0.2, 0.25) is 0 Å². The fourth-order valence-corrected chi connectivity index (χ4v) is 5.43. The van der Waals surface area contributed by atoms with Crippen LogP contribution < -0.4 is 5.43 Å². The van der Waals surface area contributed by atoms with Crippen molar-refractivity contribution in [2.75, 3.05) is 0 Å². The van der Waals surface area contributed by atoms with Gasteiger partial charge >= 0.3 is 0 Å². The van der Waals surface area contributed by atoms with Gasteiger partial charge in [-0.2, -0.15) is 5.10 Å². The van der Waals surface area contributed by atoms with Crippen molar-refractivity contribution in [2.24, 2.45) is 0 Å². The molecule has 1 fully saturated rings. The molecule has 1 aromatic heterocycles. The van der Waals surface area contributed by atoms with Crippen LogP contribution in [0.25, 0.3) is 0 Å². The summed E-state index contributed by atoms with van der Waals surface area (Å²) in [6.45, 7) is 3.89. The van der Waals surface area contributed by atoms with E-state index in [4.69, 9.17) is 0 Å². The number of carbonyl (C=O) groups excluding carboxylic acids is 1. The third-order valence-electron chi connectivity index (χ3n) is 6.90. The highest BCUT2D eigenvalue weighted by Gasteiger charge is 2.54. The Morgan fingerprint density at radius 2 is 1.79 bits per heavy atom. The maximum atomic E-state index is 14.3. The van der Waals surface area contributed by atoms with E-state index >= 15 is 0 Å². The highest BCUT2D eigenvalue weighted by molar-refractivity contribution is 5.96. The first kappa shape index (κ1) is 21.3. The van der Waals surface area contributed by atoms with E-state index < -0.39 is 46.2 Å². The molecule has 1 saturated heterocycles. The Morgan fingerprint density at radius 1 is 1.06 bits per heavy atom. The van der Waals surface area contributed by atoms with Crippen molar-refractivity contribution in [1.82, 2.24) is 14.7 Å². The van der Waals surface area contributed by atoms with E-state index in [9.17, 15) is 23.5 Å². The van der Waals surface area contributed by atoms with Gasteiger partial charge < -0.3 is 10.0 Å². The third kappa shape index (κ3) is 3.32. The summed E-state index contributed by atoms with van der Waals surface area (Å²) in [4.78, 5) is 27.4. The minimum atomic E-state index is -0.743. The van der Waals surface area contributed by atoms with E-state index in [1.807, 2.05) is 13.8 Å². The van der Waals surface area contributed by atoms with Crippen LogP contribution in [0.15, 0.2) is 59.5 Å². The zero-order valence-corrected chi connectivity index (χ0v) is 18.2. The number of nitrogens with zero attached hydrogens (tertiary/aromatic N) is 3. The molecular weight excluding hydrogens is 428 g/mol. The number of hydrogen-bond donors (Lipinski definition) is 1. The summed E-state index contributed by atoms with van der Waals surface area (Å²) < 4.78 is 29.5. The smallest absolute Gasteiger partial charge is 0.276 e. The van der Waals surface area contributed by atoms with Gasteiger partial charge in [0, 0.05) is 11.5 Å². The molecule has 1 amide bonds. The Balaban J connectivity index is 1.80. The molecule has 3 atom stereocenters. The number of amides is 1. The number of carbonyl (C=O) groups is 1. The Kier molecular flexibility index (Phi) is 4.84. The van der Waals surface area contributed by atoms with Crippen LogP contribution >= 0.6 is 0 Å². The zero-order chi connectivity index (χ0) is 23.5. The number of benzene rings is 2. The number of aromatic nitrogens is 2. The molecule has 33 heavy (non-hydrogen) atoms. The molecule has 5 rings (SSSR count). The molecule has 0 saturated carbocycles. The van der Waals surface area contributed by atoms with Gasteiger partial charge in [-0.15, -0.1) is 0 Å². The van der Waals surface area contributed by atoms with E-state index in [2.05, 4.69) is 5.10 Å². The van der Waals surface area contributed by atoms with Gasteiger partial charge in [-0.05, 0) is 62.1 Å². The lowest BCUT2D eigenvalue weighted by atomic mass is 9.80. The second-order valence-electron chi connectivity index (χ2n) is 9.32. The average Bonchev–Trinajstić information content (AvgIpc) is 3.09. The second kappa shape index (κ2) is 7.50. The van der Waals surface area contributed by atoms with Crippen LogP contribution in [0.5, 0.6) is 5.75 Å². The summed E-state index contributed by atoms with van der Waals surface area (Å²) in [6, 6.07) is 11.2. The topological polar surface area (TPSA) is 75.4 Å². The molecule has 170 valence electrons. The Labute approximate surface area is 189 Å². The van der Waals surface area contributed by atoms with E-state index in [1.165, 1.54) is 28.9 Å². The lowest BCUT2D eigenvalue weighted by Gasteiger charge is -2.46. The minimum Gasteiger partial charge on any atom is -0.502 e. The molecule has 2 aliphatic heterocycles. The van der Waals surface area contributed by atoms with Crippen molar-refractivity contribution < 1.29 is 18.7 Å². The molecule has 0 aliphatic carbocycles. The van der Waals surface area contributed by atoms with E-state index in [-0.39, 0.29) is 11.7 Å². The van der Waals surface area contributed by atoms with Gasteiger partial charge in [0.2, 0.25) is 5.43 Å². The van der Waals surface area contributed by atoms with Crippen LogP contribution in [0.1, 0.15) is 60.3 Å². The average molecular weight is 451 g/mol. The quantitative estimate of drug-likeness (QED) is 0.653. The van der Waals surface area contributed by atoms with Gasteiger partial charge in [0.15, 0.2) is 11.4 Å². The molecule has 2 aromatic carbocycles. The lowest BCUT2D eigenvalue weighted by Crippen LogP contribution is -2.56. The predicted octanol–water partition coefficient (Wildman–Crippen LogP) is 4.00. The van der Waals surface area contributed by atoms with Gasteiger partial charge in [-0.1, -0.05) is 24.3 Å². The van der Waals surface area contributed by atoms with E-state index in [0.29, 0.717) is 24.0 Å². The largest absolute Gasteiger partial charge is 0.502 e. The number of rotatable bonds is 3. The first-order valence-corrected chi connectivity index (χ1v) is 10.8. The van der Waals surface area contributed by atoms with Gasteiger partial charge in [0.05, 0.1) is 18.3 Å². The predicted molar refractivity (Wildman–Crippen MR) is 117 cm³/mol. The summed E-state index contributed by atoms with van der Waals surface area (Å²) in [7, 11) is 0. The summed E-state index contributed by atoms with van der Waals surface area (Å²) in [6.07, 6.45) is 2.35. The van der Waals surface area contributed by atoms with Crippen molar-refractivity contribution in [3.63, 3.8) is 0 Å². The number of hydrogen-bond acceptors (Lipinski definition) is 4. The Hall–Kier alpha value is -3.55. The number of aromatic hydroxyl groups is 1. The third-order valence-corrected chi connectivity index (χ3v) is 6.90. The molecule has 2 aliphatic rings. The van der Waals surface area contributed by atoms with Crippen molar-refractivity contribution in [3.05, 3.63) is 93.4 Å². The Morgan fingerprint density at radius 3 is 2.48 bits per heavy atom. The van der Waals surface area contributed by atoms with Crippen LogP contribution in [0.3, 0.4) is 0 Å². The normalized spacial score (nSPS) is 22.1. The molecule has 0 spiro atoms. The van der Waals surface area contributed by atoms with Gasteiger partial charge in [0.25, 0.3) is 5.91 Å². The first-order valence-electron chi connectivity index (χ1n) is 10.8. The standard InChI is InChI=1S/C25H23F2N3O3/c1-25(2)11-10-18-21(30-22(24(33)29(18)25)23(32)19(31)13-28-30)20(14-6-8-16(26)9-7-14)15-4-3-5-17(27)12-15/h3-9,12-13,18,20-21,32H,10-11H2,1-2H3/t18-,20+,21+/m1/s1. The monoisotopic (exact) mass is 451 g/mol. The minimum absolute atomic E-state index is 0.178. The first-order chi connectivity index (χ1) is 15.7. The molecule has 3 aromatic rings. The van der Waals surface area contributed by atoms with Gasteiger partial charge in [0.1, 0.15) is 11.6 Å². The summed E-state index contributed by atoms with van der Waals surface area (Å²) >= 11 is 0. The summed E-state index contributed by atoms with van der Waals surface area (Å²) in [5.74, 6) is -2.47. The van der Waals surface area contributed by atoms with Crippen LogP contribution in [-0.2, 0) is 0 Å². The summed E-state index contributed by atoms with van der Waals surface area (Å²) in [5.41, 5.74) is -0.109. The fraction of sp³-hybridized carbons (Fsp3) is 0.320. The SMILES string of the molecule is CC1(C)CC[C@@H]2[C@@H]([C@@H](c3ccc(F)cc3)c3cccc(F)c3)n3ncc(=O)c(O)c3C(=O)N21. The van der Waals surface area contributed by atoms with Crippen LogP contribution in [0, 0.1) is 11.6 Å². The maximum absolute atomic E-state index is 14.3. The molecule has 1 N–H and O–H groups in total. The fourth-order valence-electron chi connectivity index (χ4n) is 5.43. The highest BCUT2D eigenvalue weighted by atomic mass is 19.1. The van der Waals surface area contributed by atoms with E-state index in [1.54, 1.807) is 29.2 Å². The molecular formula is C25H23F2N3O3. The van der Waals surface area contributed by atoms with Gasteiger partial charge in [-0.25, -0.2) is 8.78 Å². The maximum Gasteiger partial charge on any atom is 0.276 e. The molecule has 8 heteroatoms. The molecule has 0 unspecified atom stereocenters. The molecule has 0 bridgehead atoms. The second-order valence-corrected chi connectivity index (χ2v) is 9.32. The van der Waals surface area contributed by atoms with Crippen molar-refractivity contribution in [2.45, 2.75) is 50.2 Å². The number of fused-ring (bicyclic) bond motifs is 2. The van der Waals surface area contributed by atoms with Crippen LogP contribution in [-0.4, -0.2) is 37.3 Å². The lowest BCUT2D eigenvalue weighted by molar-refractivity contribution is 0.0347. The van der Waals surface area contributed by atoms with Crippen LogP contribution in [0.4, 0.5) is 8.78 Å². The molecule has 0 radical (unpaired) electrons. The highest BCUT2D eigenvalue weighted by Crippen LogP contribution is 2.49. The summed E-state index contributed by atoms with van der Waals surface area (Å²) in [5, 5.41) is 14.9. The van der Waals surface area contributed by atoms with Crippen molar-refractivity contribution >= 4 is 5.91 Å². The zero-order valence-electron chi connectivity index (χ0n) is 18.2. The van der Waals surface area contributed by atoms with Crippen molar-refractivity contribution in [1.29, 1.82) is 0 Å². The Bertz CT molecular complexity index is 1300.